The lowest BCUT2D eigenvalue weighted by molar-refractivity contribution is -0.129. The summed E-state index contributed by atoms with van der Waals surface area (Å²) in [7, 11) is 0. The summed E-state index contributed by atoms with van der Waals surface area (Å²) in [6, 6.07) is 10.9. The third-order valence-corrected chi connectivity index (χ3v) is 7.12. The molecule has 2 unspecified atom stereocenters. The van der Waals surface area contributed by atoms with Gasteiger partial charge in [0.1, 0.15) is 0 Å². The van der Waals surface area contributed by atoms with Crippen molar-refractivity contribution >= 4 is 29.0 Å². The van der Waals surface area contributed by atoms with Gasteiger partial charge in [0, 0.05) is 41.9 Å². The normalized spacial score (nSPS) is 22.2. The van der Waals surface area contributed by atoms with Crippen LogP contribution < -0.4 is 20.3 Å². The second-order valence-corrected chi connectivity index (χ2v) is 10.0. The lowest BCUT2D eigenvalue weighted by atomic mass is 10.1. The molecule has 1 aromatic carbocycles. The number of hydrogen-bond acceptors (Lipinski definition) is 7. The molecule has 2 bridgehead atoms. The highest BCUT2D eigenvalue weighted by Crippen LogP contribution is 2.41. The largest absolute Gasteiger partial charge is 0.474 e. The van der Waals surface area contributed by atoms with Crippen LogP contribution in [-0.4, -0.2) is 39.0 Å². The van der Waals surface area contributed by atoms with E-state index in [-0.39, 0.29) is 5.91 Å². The van der Waals surface area contributed by atoms with Crippen LogP contribution in [0.2, 0.25) is 0 Å². The number of pyridine rings is 1. The summed E-state index contributed by atoms with van der Waals surface area (Å²) in [5, 5.41) is 6.13. The van der Waals surface area contributed by atoms with Crippen LogP contribution in [0.5, 0.6) is 5.75 Å². The second kappa shape index (κ2) is 7.68. The number of amides is 1. The summed E-state index contributed by atoms with van der Waals surface area (Å²) in [5.41, 5.74) is 4.10. The number of benzene rings is 1. The van der Waals surface area contributed by atoms with Crippen molar-refractivity contribution in [2.45, 2.75) is 51.7 Å². The Morgan fingerprint density at radius 1 is 1.18 bits per heavy atom. The second-order valence-electron chi connectivity index (χ2n) is 10.0. The number of anilines is 4. The molecule has 2 aliphatic heterocycles. The van der Waals surface area contributed by atoms with E-state index in [0.717, 1.165) is 17.2 Å². The molecule has 2 N–H and O–H groups in total. The summed E-state index contributed by atoms with van der Waals surface area (Å²) in [4.78, 5) is 28.1. The van der Waals surface area contributed by atoms with Gasteiger partial charge in [-0.05, 0) is 81.8 Å². The minimum Gasteiger partial charge on any atom is -0.474 e. The lowest BCUT2D eigenvalue weighted by Gasteiger charge is -2.31. The van der Waals surface area contributed by atoms with Crippen molar-refractivity contribution in [2.75, 3.05) is 22.1 Å². The topological polar surface area (TPSA) is 92.3 Å². The number of rotatable bonds is 4. The van der Waals surface area contributed by atoms with Gasteiger partial charge in [0.2, 0.25) is 5.95 Å². The number of ether oxygens (including phenoxy) is 1. The molecule has 34 heavy (non-hydrogen) atoms. The van der Waals surface area contributed by atoms with Crippen LogP contribution in [-0.2, 0) is 4.79 Å². The molecule has 6 rings (SSSR count). The predicted molar refractivity (Wildman–Crippen MR) is 132 cm³/mol. The molecule has 174 valence electrons. The van der Waals surface area contributed by atoms with Gasteiger partial charge in [0.15, 0.2) is 17.2 Å². The SMILES string of the molecule is Cc1cc(Nc2nccc(-c3cnc4c(c3)OC(C)(C)C(=O)N4)n2)ccc1N1CC2CCC1C2. The first-order chi connectivity index (χ1) is 16.4. The first kappa shape index (κ1) is 20.9. The van der Waals surface area contributed by atoms with Crippen LogP contribution >= 0.6 is 0 Å². The number of nitrogens with zero attached hydrogens (tertiary/aromatic N) is 4. The van der Waals surface area contributed by atoms with Crippen LogP contribution in [0.4, 0.5) is 23.1 Å². The third kappa shape index (κ3) is 3.63. The van der Waals surface area contributed by atoms with Gasteiger partial charge in [-0.1, -0.05) is 0 Å². The molecule has 1 saturated carbocycles. The molecule has 8 nitrogen and oxygen atoms in total. The van der Waals surface area contributed by atoms with Crippen LogP contribution in [0.3, 0.4) is 0 Å². The molecule has 1 saturated heterocycles. The van der Waals surface area contributed by atoms with Crippen LogP contribution in [0.15, 0.2) is 42.7 Å². The van der Waals surface area contributed by atoms with Crippen molar-refractivity contribution in [1.82, 2.24) is 15.0 Å². The highest BCUT2D eigenvalue weighted by Gasteiger charge is 2.38. The fourth-order valence-corrected chi connectivity index (χ4v) is 5.32. The number of carbonyl (C=O) groups excluding carboxylic acids is 1. The Kier molecular flexibility index (Phi) is 4.72. The first-order valence-corrected chi connectivity index (χ1v) is 11.8. The molecule has 4 heterocycles. The molecule has 1 amide bonds. The maximum atomic E-state index is 12.1. The van der Waals surface area contributed by atoms with Crippen molar-refractivity contribution in [2.24, 2.45) is 5.92 Å². The molecule has 0 spiro atoms. The molecule has 2 atom stereocenters. The van der Waals surface area contributed by atoms with Crippen molar-refractivity contribution in [3.8, 4) is 17.0 Å². The lowest BCUT2D eigenvalue weighted by Crippen LogP contribution is -2.45. The first-order valence-electron chi connectivity index (χ1n) is 11.8. The summed E-state index contributed by atoms with van der Waals surface area (Å²) in [6.07, 6.45) is 7.43. The predicted octanol–water partition coefficient (Wildman–Crippen LogP) is 4.69. The Morgan fingerprint density at radius 2 is 2.06 bits per heavy atom. The number of aromatic nitrogens is 3. The number of carbonyl (C=O) groups is 1. The molecule has 0 radical (unpaired) electrons. The van der Waals surface area contributed by atoms with Gasteiger partial charge in [-0.15, -0.1) is 0 Å². The Bertz CT molecular complexity index is 1290. The van der Waals surface area contributed by atoms with Crippen LogP contribution in [0, 0.1) is 12.8 Å². The maximum absolute atomic E-state index is 12.1. The van der Waals surface area contributed by atoms with Crippen LogP contribution in [0.1, 0.15) is 38.7 Å². The van der Waals surface area contributed by atoms with Gasteiger partial charge < -0.3 is 20.3 Å². The quantitative estimate of drug-likeness (QED) is 0.588. The highest BCUT2D eigenvalue weighted by atomic mass is 16.5. The van der Waals surface area contributed by atoms with E-state index in [1.165, 1.54) is 37.1 Å². The molecular formula is C26H28N6O2. The fourth-order valence-electron chi connectivity index (χ4n) is 5.32. The zero-order valence-electron chi connectivity index (χ0n) is 19.6. The van der Waals surface area contributed by atoms with E-state index in [1.807, 2.05) is 12.1 Å². The molecular weight excluding hydrogens is 428 g/mol. The van der Waals surface area contributed by atoms with E-state index in [4.69, 9.17) is 4.74 Å². The van der Waals surface area contributed by atoms with Crippen molar-refractivity contribution in [3.63, 3.8) is 0 Å². The zero-order valence-corrected chi connectivity index (χ0v) is 19.6. The Hall–Kier alpha value is -3.68. The Morgan fingerprint density at radius 3 is 2.82 bits per heavy atom. The minimum absolute atomic E-state index is 0.215. The van der Waals surface area contributed by atoms with Crippen molar-refractivity contribution < 1.29 is 9.53 Å². The monoisotopic (exact) mass is 456 g/mol. The number of piperidine rings is 1. The maximum Gasteiger partial charge on any atom is 0.269 e. The van der Waals surface area contributed by atoms with E-state index >= 15 is 0 Å². The average molecular weight is 457 g/mol. The van der Waals surface area contributed by atoms with Gasteiger partial charge in [-0.2, -0.15) is 0 Å². The number of aryl methyl sites for hydroxylation is 1. The molecule has 2 aromatic heterocycles. The van der Waals surface area contributed by atoms with Gasteiger partial charge in [0.05, 0.1) is 5.69 Å². The standard InChI is InChI=1S/C26H28N6O2/c1-15-10-18(5-7-21(15)32-14-16-4-6-19(32)11-16)29-25-27-9-8-20(30-25)17-12-22-23(28-13-17)31-24(33)26(2,3)34-22/h5,7-10,12-13,16,19H,4,6,11,14H2,1-3H3,(H,27,29,30)(H,28,31,33). The summed E-state index contributed by atoms with van der Waals surface area (Å²) in [5.74, 6) is 2.10. The van der Waals surface area contributed by atoms with Gasteiger partial charge in [-0.25, -0.2) is 15.0 Å². The average Bonchev–Trinajstić information content (AvgIpc) is 3.43. The van der Waals surface area contributed by atoms with E-state index in [2.05, 4.69) is 55.6 Å². The van der Waals surface area contributed by atoms with E-state index in [0.29, 0.717) is 29.3 Å². The van der Waals surface area contributed by atoms with Gasteiger partial charge in [-0.3, -0.25) is 4.79 Å². The Labute approximate surface area is 198 Å². The van der Waals surface area contributed by atoms with Crippen molar-refractivity contribution in [3.05, 3.63) is 48.3 Å². The van der Waals surface area contributed by atoms with E-state index < -0.39 is 5.60 Å². The van der Waals surface area contributed by atoms with Crippen LogP contribution in [0.25, 0.3) is 11.3 Å². The number of nitrogens with one attached hydrogen (secondary N) is 2. The summed E-state index contributed by atoms with van der Waals surface area (Å²) in [6.45, 7) is 6.81. The smallest absolute Gasteiger partial charge is 0.269 e. The van der Waals surface area contributed by atoms with Crippen molar-refractivity contribution in [1.29, 1.82) is 0 Å². The zero-order chi connectivity index (χ0) is 23.4. The highest BCUT2D eigenvalue weighted by molar-refractivity contribution is 5.99. The summed E-state index contributed by atoms with van der Waals surface area (Å²) < 4.78 is 5.87. The van der Waals surface area contributed by atoms with Gasteiger partial charge in [0.25, 0.3) is 5.91 Å². The third-order valence-electron chi connectivity index (χ3n) is 7.12. The van der Waals surface area contributed by atoms with Gasteiger partial charge >= 0.3 is 0 Å². The Balaban J connectivity index is 1.22. The molecule has 3 aromatic rings. The molecule has 1 aliphatic carbocycles. The number of hydrogen-bond donors (Lipinski definition) is 2. The molecule has 2 fully saturated rings. The van der Waals surface area contributed by atoms with E-state index in [1.54, 1.807) is 26.2 Å². The van der Waals surface area contributed by atoms with E-state index in [9.17, 15) is 4.79 Å². The minimum atomic E-state index is -0.954. The number of fused-ring (bicyclic) bond motifs is 3. The molecule has 3 aliphatic rings. The fraction of sp³-hybridized carbons (Fsp3) is 0.385. The summed E-state index contributed by atoms with van der Waals surface area (Å²) >= 11 is 0. The molecule has 8 heteroatoms.